The van der Waals surface area contributed by atoms with Crippen molar-refractivity contribution in [2.24, 2.45) is 0 Å². The van der Waals surface area contributed by atoms with E-state index in [0.717, 1.165) is 30.1 Å². The van der Waals surface area contributed by atoms with Crippen LogP contribution in [-0.4, -0.2) is 44.2 Å². The molecule has 0 aromatic heterocycles. The van der Waals surface area contributed by atoms with Crippen molar-refractivity contribution in [1.82, 2.24) is 10.2 Å². The van der Waals surface area contributed by atoms with Gasteiger partial charge in [-0.1, -0.05) is 17.7 Å². The van der Waals surface area contributed by atoms with Crippen molar-refractivity contribution in [2.45, 2.75) is 6.92 Å². The molecular formula is C22H25N5O2. The molecule has 0 atom stereocenters. The minimum atomic E-state index is -0.368. The van der Waals surface area contributed by atoms with Crippen LogP contribution in [0.5, 0.6) is 5.75 Å². The predicted molar refractivity (Wildman–Crippen MR) is 114 cm³/mol. The van der Waals surface area contributed by atoms with Crippen molar-refractivity contribution in [3.63, 3.8) is 0 Å². The average molecular weight is 391 g/mol. The number of nitrogens with zero attached hydrogens (tertiary/aromatic N) is 3. The second-order valence-electron chi connectivity index (χ2n) is 6.78. The number of piperazine rings is 1. The van der Waals surface area contributed by atoms with E-state index in [-0.39, 0.29) is 6.03 Å². The van der Waals surface area contributed by atoms with E-state index in [0.29, 0.717) is 24.6 Å². The van der Waals surface area contributed by atoms with Crippen LogP contribution in [0.3, 0.4) is 0 Å². The summed E-state index contributed by atoms with van der Waals surface area (Å²) in [7, 11) is 1.65. The second kappa shape index (κ2) is 9.51. The van der Waals surface area contributed by atoms with Crippen molar-refractivity contribution in [3.05, 3.63) is 66.0 Å². The number of amides is 2. The van der Waals surface area contributed by atoms with Crippen LogP contribution in [0.1, 0.15) is 5.56 Å². The van der Waals surface area contributed by atoms with Crippen molar-refractivity contribution >= 4 is 17.4 Å². The Bertz CT molecular complexity index is 892. The number of carbonyl (C=O) groups is 1. The van der Waals surface area contributed by atoms with Crippen LogP contribution in [-0.2, 0) is 0 Å². The normalized spacial score (nSPS) is 14.2. The number of carbonyl (C=O) groups excluding carboxylic acids is 1. The molecule has 7 nitrogen and oxygen atoms in total. The largest absolute Gasteiger partial charge is 0.497 e. The number of hydrogen-bond acceptors (Lipinski definition) is 5. The van der Waals surface area contributed by atoms with Gasteiger partial charge in [-0.05, 0) is 43.3 Å². The lowest BCUT2D eigenvalue weighted by atomic mass is 10.2. The van der Waals surface area contributed by atoms with Gasteiger partial charge in [-0.2, -0.15) is 5.26 Å². The SMILES string of the molecule is COc1ccc(N2CCN(C(=CC#N)NC(=O)Nc3ccc(C)cc3)CC2)cc1. The number of allylic oxidation sites excluding steroid dienone is 1. The van der Waals surface area contributed by atoms with E-state index in [1.807, 2.05) is 66.4 Å². The highest BCUT2D eigenvalue weighted by Gasteiger charge is 2.20. The highest BCUT2D eigenvalue weighted by atomic mass is 16.5. The number of anilines is 2. The first-order valence-corrected chi connectivity index (χ1v) is 9.47. The molecule has 1 aliphatic rings. The summed E-state index contributed by atoms with van der Waals surface area (Å²) >= 11 is 0. The number of nitriles is 1. The fourth-order valence-corrected chi connectivity index (χ4v) is 3.18. The molecule has 2 N–H and O–H groups in total. The molecule has 2 amide bonds. The standard InChI is InChI=1S/C22H25N5O2/c1-17-3-5-18(6-4-17)24-22(28)25-21(11-12-23)27-15-13-26(14-16-27)19-7-9-20(29-2)10-8-19/h3-11H,13-16H2,1-2H3,(H2,24,25,28). The van der Waals surface area contributed by atoms with Gasteiger partial charge in [-0.3, -0.25) is 5.32 Å². The lowest BCUT2D eigenvalue weighted by Gasteiger charge is -2.38. The fourth-order valence-electron chi connectivity index (χ4n) is 3.18. The summed E-state index contributed by atoms with van der Waals surface area (Å²) in [4.78, 5) is 16.6. The van der Waals surface area contributed by atoms with Crippen LogP contribution in [0.2, 0.25) is 0 Å². The third-order valence-corrected chi connectivity index (χ3v) is 4.81. The van der Waals surface area contributed by atoms with Gasteiger partial charge < -0.3 is 19.9 Å². The smallest absolute Gasteiger partial charge is 0.324 e. The molecule has 7 heteroatoms. The molecular weight excluding hydrogens is 366 g/mol. The van der Waals surface area contributed by atoms with Crippen molar-refractivity contribution < 1.29 is 9.53 Å². The molecule has 1 aliphatic heterocycles. The molecule has 0 aliphatic carbocycles. The van der Waals surface area contributed by atoms with Gasteiger partial charge in [0.1, 0.15) is 11.6 Å². The van der Waals surface area contributed by atoms with Crippen LogP contribution in [0, 0.1) is 18.3 Å². The summed E-state index contributed by atoms with van der Waals surface area (Å²) in [6, 6.07) is 17.2. The van der Waals surface area contributed by atoms with Crippen LogP contribution in [0.25, 0.3) is 0 Å². The highest BCUT2D eigenvalue weighted by molar-refractivity contribution is 5.90. The van der Waals surface area contributed by atoms with Gasteiger partial charge in [-0.25, -0.2) is 4.79 Å². The molecule has 1 fully saturated rings. The molecule has 2 aromatic carbocycles. The van der Waals surface area contributed by atoms with Crippen LogP contribution in [0.4, 0.5) is 16.2 Å². The summed E-state index contributed by atoms with van der Waals surface area (Å²) in [5.41, 5.74) is 2.95. The summed E-state index contributed by atoms with van der Waals surface area (Å²) in [5, 5.41) is 14.7. The Balaban J connectivity index is 1.57. The van der Waals surface area contributed by atoms with E-state index in [1.165, 1.54) is 6.08 Å². The summed E-state index contributed by atoms with van der Waals surface area (Å²) in [5.74, 6) is 1.34. The maximum Gasteiger partial charge on any atom is 0.324 e. The molecule has 0 saturated carbocycles. The molecule has 2 aromatic rings. The van der Waals surface area contributed by atoms with E-state index in [2.05, 4.69) is 15.5 Å². The van der Waals surface area contributed by atoms with Gasteiger partial charge in [0.15, 0.2) is 0 Å². The van der Waals surface area contributed by atoms with Gasteiger partial charge in [0, 0.05) is 37.6 Å². The second-order valence-corrected chi connectivity index (χ2v) is 6.78. The topological polar surface area (TPSA) is 80.6 Å². The lowest BCUT2D eigenvalue weighted by Crippen LogP contribution is -2.49. The predicted octanol–water partition coefficient (Wildman–Crippen LogP) is 3.31. The molecule has 0 spiro atoms. The zero-order chi connectivity index (χ0) is 20.6. The van der Waals surface area contributed by atoms with Crippen molar-refractivity contribution in [3.8, 4) is 11.8 Å². The zero-order valence-corrected chi connectivity index (χ0v) is 16.7. The number of methoxy groups -OCH3 is 1. The third-order valence-electron chi connectivity index (χ3n) is 4.81. The Morgan fingerprint density at radius 3 is 2.31 bits per heavy atom. The van der Waals surface area contributed by atoms with E-state index in [9.17, 15) is 4.79 Å². The van der Waals surface area contributed by atoms with E-state index >= 15 is 0 Å². The fraction of sp³-hybridized carbons (Fsp3) is 0.273. The van der Waals surface area contributed by atoms with E-state index < -0.39 is 0 Å². The van der Waals surface area contributed by atoms with Crippen LogP contribution < -0.4 is 20.3 Å². The summed E-state index contributed by atoms with van der Waals surface area (Å²) < 4.78 is 5.21. The molecule has 0 unspecified atom stereocenters. The number of hydrogen-bond donors (Lipinski definition) is 2. The summed E-state index contributed by atoms with van der Waals surface area (Å²) in [6.07, 6.45) is 1.37. The van der Waals surface area contributed by atoms with Gasteiger partial charge in [0.2, 0.25) is 0 Å². The minimum absolute atomic E-state index is 0.368. The Hall–Kier alpha value is -3.66. The first-order chi connectivity index (χ1) is 14.1. The van der Waals surface area contributed by atoms with Crippen molar-refractivity contribution in [2.75, 3.05) is 43.5 Å². The van der Waals surface area contributed by atoms with Crippen LogP contribution in [0.15, 0.2) is 60.4 Å². The maximum atomic E-state index is 12.4. The number of ether oxygens (including phenoxy) is 1. The molecule has 29 heavy (non-hydrogen) atoms. The Morgan fingerprint density at radius 1 is 1.07 bits per heavy atom. The Kier molecular flexibility index (Phi) is 6.59. The van der Waals surface area contributed by atoms with E-state index in [4.69, 9.17) is 10.00 Å². The first kappa shape index (κ1) is 20.1. The van der Waals surface area contributed by atoms with Crippen LogP contribution >= 0.6 is 0 Å². The number of urea groups is 1. The quantitative estimate of drug-likeness (QED) is 0.765. The van der Waals surface area contributed by atoms with Gasteiger partial charge >= 0.3 is 6.03 Å². The number of rotatable bonds is 5. The zero-order valence-electron chi connectivity index (χ0n) is 16.7. The minimum Gasteiger partial charge on any atom is -0.497 e. The highest BCUT2D eigenvalue weighted by Crippen LogP contribution is 2.21. The average Bonchev–Trinajstić information content (AvgIpc) is 2.75. The van der Waals surface area contributed by atoms with Gasteiger partial charge in [-0.15, -0.1) is 0 Å². The van der Waals surface area contributed by atoms with Crippen molar-refractivity contribution in [1.29, 1.82) is 5.26 Å². The number of nitrogens with one attached hydrogen (secondary N) is 2. The molecule has 0 bridgehead atoms. The number of aryl methyl sites for hydroxylation is 1. The molecule has 1 heterocycles. The summed E-state index contributed by atoms with van der Waals surface area (Å²) in [6.45, 7) is 4.96. The van der Waals surface area contributed by atoms with E-state index in [1.54, 1.807) is 7.11 Å². The van der Waals surface area contributed by atoms with Gasteiger partial charge in [0.05, 0.1) is 19.3 Å². The maximum absolute atomic E-state index is 12.4. The number of benzene rings is 2. The van der Waals surface area contributed by atoms with Gasteiger partial charge in [0.25, 0.3) is 0 Å². The lowest BCUT2D eigenvalue weighted by molar-refractivity contribution is 0.245. The molecule has 3 rings (SSSR count). The Morgan fingerprint density at radius 2 is 1.72 bits per heavy atom. The monoisotopic (exact) mass is 391 g/mol. The first-order valence-electron chi connectivity index (χ1n) is 9.47. The molecule has 150 valence electrons. The molecule has 1 saturated heterocycles. The third kappa shape index (κ3) is 5.42. The molecule has 0 radical (unpaired) electrons. The Labute approximate surface area is 171 Å².